The first-order chi connectivity index (χ1) is 15.1. The number of thiophene rings is 1. The van der Waals surface area contributed by atoms with Gasteiger partial charge in [-0.25, -0.2) is 4.79 Å². The summed E-state index contributed by atoms with van der Waals surface area (Å²) in [6.07, 6.45) is 4.66. The summed E-state index contributed by atoms with van der Waals surface area (Å²) in [5.74, 6) is 0.588. The van der Waals surface area contributed by atoms with Crippen LogP contribution in [0.25, 0.3) is 11.1 Å². The topological polar surface area (TPSA) is 77.1 Å². The van der Waals surface area contributed by atoms with Gasteiger partial charge in [-0.3, -0.25) is 9.69 Å². The van der Waals surface area contributed by atoms with Gasteiger partial charge in [0.15, 0.2) is 11.5 Å². The fraction of sp³-hybridized carbons (Fsp3) is 0.478. The lowest BCUT2D eigenvalue weighted by atomic mass is 10.0. The Balaban J connectivity index is 1.86. The molecule has 1 N–H and O–H groups in total. The number of amides is 1. The summed E-state index contributed by atoms with van der Waals surface area (Å²) < 4.78 is 16.0. The van der Waals surface area contributed by atoms with Crippen LogP contribution in [0, 0.1) is 0 Å². The zero-order valence-electron chi connectivity index (χ0n) is 18.4. The van der Waals surface area contributed by atoms with Gasteiger partial charge in [-0.2, -0.15) is 0 Å². The van der Waals surface area contributed by atoms with Crippen LogP contribution in [0.15, 0.2) is 23.6 Å². The van der Waals surface area contributed by atoms with Crippen LogP contribution < -0.4 is 14.8 Å². The lowest BCUT2D eigenvalue weighted by molar-refractivity contribution is -0.117. The molecule has 0 radical (unpaired) electrons. The van der Waals surface area contributed by atoms with Crippen LogP contribution >= 0.6 is 11.3 Å². The molecule has 0 aliphatic carbocycles. The lowest BCUT2D eigenvalue weighted by Gasteiger charge is -2.19. The number of carbonyl (C=O) groups is 2. The predicted molar refractivity (Wildman–Crippen MR) is 122 cm³/mol. The van der Waals surface area contributed by atoms with E-state index in [0.29, 0.717) is 34.2 Å². The van der Waals surface area contributed by atoms with Crippen LogP contribution in [0.2, 0.25) is 0 Å². The summed E-state index contributed by atoms with van der Waals surface area (Å²) in [6.45, 7) is 4.20. The number of rotatable bonds is 8. The summed E-state index contributed by atoms with van der Waals surface area (Å²) in [5, 5.41) is 5.30. The minimum atomic E-state index is -0.460. The number of carbonyl (C=O) groups excluding carboxylic acids is 2. The van der Waals surface area contributed by atoms with Gasteiger partial charge < -0.3 is 19.5 Å². The molecule has 2 heterocycles. The number of hydrogen-bond donors (Lipinski definition) is 1. The van der Waals surface area contributed by atoms with Crippen LogP contribution in [0.5, 0.6) is 11.5 Å². The molecule has 1 aromatic heterocycles. The van der Waals surface area contributed by atoms with E-state index in [1.165, 1.54) is 24.2 Å². The molecule has 0 atom stereocenters. The molecule has 168 valence electrons. The molecule has 1 amide bonds. The van der Waals surface area contributed by atoms with Crippen molar-refractivity contribution in [3.05, 3.63) is 29.1 Å². The van der Waals surface area contributed by atoms with E-state index in [-0.39, 0.29) is 12.5 Å². The largest absolute Gasteiger partial charge is 0.493 e. The summed E-state index contributed by atoms with van der Waals surface area (Å²) in [6, 6.07) is 5.46. The van der Waals surface area contributed by atoms with Gasteiger partial charge in [0.25, 0.3) is 0 Å². The summed E-state index contributed by atoms with van der Waals surface area (Å²) in [7, 11) is 3.14. The van der Waals surface area contributed by atoms with E-state index < -0.39 is 5.97 Å². The highest BCUT2D eigenvalue weighted by Gasteiger charge is 2.24. The van der Waals surface area contributed by atoms with Crippen molar-refractivity contribution in [2.75, 3.05) is 45.8 Å². The number of hydrogen-bond acceptors (Lipinski definition) is 7. The van der Waals surface area contributed by atoms with Crippen molar-refractivity contribution in [3.63, 3.8) is 0 Å². The fourth-order valence-electron chi connectivity index (χ4n) is 3.74. The Morgan fingerprint density at radius 1 is 1.06 bits per heavy atom. The Labute approximate surface area is 187 Å². The highest BCUT2D eigenvalue weighted by molar-refractivity contribution is 7.15. The number of benzene rings is 1. The Morgan fingerprint density at radius 2 is 1.77 bits per heavy atom. The van der Waals surface area contributed by atoms with Gasteiger partial charge in [-0.15, -0.1) is 11.3 Å². The first-order valence-electron chi connectivity index (χ1n) is 10.6. The van der Waals surface area contributed by atoms with Gasteiger partial charge in [0, 0.05) is 10.9 Å². The van der Waals surface area contributed by atoms with Crippen LogP contribution in [-0.4, -0.2) is 57.2 Å². The van der Waals surface area contributed by atoms with Crippen LogP contribution in [-0.2, 0) is 9.53 Å². The predicted octanol–water partition coefficient (Wildman–Crippen LogP) is 4.42. The number of nitrogens with one attached hydrogen (secondary N) is 1. The molecule has 0 saturated carbocycles. The molecular weight excluding hydrogens is 416 g/mol. The van der Waals surface area contributed by atoms with Crippen LogP contribution in [0.4, 0.5) is 5.00 Å². The Hall–Kier alpha value is -2.58. The van der Waals surface area contributed by atoms with E-state index >= 15 is 0 Å². The quantitative estimate of drug-likeness (QED) is 0.605. The van der Waals surface area contributed by atoms with Crippen molar-refractivity contribution in [1.29, 1.82) is 0 Å². The monoisotopic (exact) mass is 446 g/mol. The number of ether oxygens (including phenoxy) is 3. The van der Waals surface area contributed by atoms with Gasteiger partial charge in [0.2, 0.25) is 5.91 Å². The molecule has 31 heavy (non-hydrogen) atoms. The standard InChI is InChI=1S/C23H30N2O5S/c1-4-30-23(27)21-17(16-9-10-18(28-2)19(13-16)29-3)15-31-22(21)24-20(26)14-25-11-7-5-6-8-12-25/h9-10,13,15H,4-8,11-12,14H2,1-3H3,(H,24,26). The lowest BCUT2D eigenvalue weighted by Crippen LogP contribution is -2.34. The second-order valence-electron chi connectivity index (χ2n) is 7.38. The van der Waals surface area contributed by atoms with Crippen molar-refractivity contribution in [3.8, 4) is 22.6 Å². The number of methoxy groups -OCH3 is 2. The van der Waals surface area contributed by atoms with Gasteiger partial charge in [-0.05, 0) is 50.6 Å². The maximum atomic E-state index is 12.8. The molecule has 3 rings (SSSR count). The average Bonchev–Trinajstić information content (AvgIpc) is 3.01. The third-order valence-corrected chi connectivity index (χ3v) is 6.18. The highest BCUT2D eigenvalue weighted by Crippen LogP contribution is 2.39. The molecule has 1 fully saturated rings. The Morgan fingerprint density at radius 3 is 2.42 bits per heavy atom. The molecule has 2 aromatic rings. The molecular formula is C23H30N2O5S. The number of anilines is 1. The van der Waals surface area contributed by atoms with E-state index in [1.807, 2.05) is 17.5 Å². The first kappa shape index (κ1) is 23.1. The summed E-state index contributed by atoms with van der Waals surface area (Å²) in [5.41, 5.74) is 1.84. The van der Waals surface area contributed by atoms with Gasteiger partial charge in [-0.1, -0.05) is 18.9 Å². The molecule has 0 unspecified atom stereocenters. The molecule has 1 aliphatic rings. The zero-order valence-corrected chi connectivity index (χ0v) is 19.2. The van der Waals surface area contributed by atoms with E-state index in [4.69, 9.17) is 14.2 Å². The van der Waals surface area contributed by atoms with Crippen LogP contribution in [0.3, 0.4) is 0 Å². The minimum Gasteiger partial charge on any atom is -0.493 e. The Bertz CT molecular complexity index is 903. The van der Waals surface area contributed by atoms with E-state index in [1.54, 1.807) is 27.2 Å². The van der Waals surface area contributed by atoms with Crippen molar-refractivity contribution in [2.24, 2.45) is 0 Å². The average molecular weight is 447 g/mol. The van der Waals surface area contributed by atoms with Crippen LogP contribution in [0.1, 0.15) is 43.0 Å². The van der Waals surface area contributed by atoms with Crippen molar-refractivity contribution < 1.29 is 23.8 Å². The second kappa shape index (κ2) is 11.2. The number of esters is 1. The van der Waals surface area contributed by atoms with Crippen molar-refractivity contribution >= 4 is 28.2 Å². The zero-order chi connectivity index (χ0) is 22.2. The first-order valence-corrected chi connectivity index (χ1v) is 11.5. The summed E-state index contributed by atoms with van der Waals surface area (Å²) >= 11 is 1.32. The van der Waals surface area contributed by atoms with E-state index in [2.05, 4.69) is 10.2 Å². The molecule has 1 saturated heterocycles. The van der Waals surface area contributed by atoms with E-state index in [9.17, 15) is 9.59 Å². The number of likely N-dealkylation sites (tertiary alicyclic amines) is 1. The fourth-order valence-corrected chi connectivity index (χ4v) is 4.71. The normalized spacial score (nSPS) is 14.5. The van der Waals surface area contributed by atoms with Gasteiger partial charge in [0.1, 0.15) is 10.6 Å². The number of nitrogens with zero attached hydrogens (tertiary/aromatic N) is 1. The molecule has 1 aliphatic heterocycles. The molecule has 7 nitrogen and oxygen atoms in total. The smallest absolute Gasteiger partial charge is 0.341 e. The van der Waals surface area contributed by atoms with Crippen molar-refractivity contribution in [2.45, 2.75) is 32.6 Å². The molecule has 0 spiro atoms. The summed E-state index contributed by atoms with van der Waals surface area (Å²) in [4.78, 5) is 27.7. The molecule has 8 heteroatoms. The molecule has 0 bridgehead atoms. The Kier molecular flexibility index (Phi) is 8.31. The third kappa shape index (κ3) is 5.77. The molecule has 1 aromatic carbocycles. The highest BCUT2D eigenvalue weighted by atomic mass is 32.1. The second-order valence-corrected chi connectivity index (χ2v) is 8.26. The van der Waals surface area contributed by atoms with Gasteiger partial charge >= 0.3 is 5.97 Å². The maximum absolute atomic E-state index is 12.8. The van der Waals surface area contributed by atoms with Crippen molar-refractivity contribution in [1.82, 2.24) is 4.90 Å². The minimum absolute atomic E-state index is 0.117. The third-order valence-electron chi connectivity index (χ3n) is 5.28. The van der Waals surface area contributed by atoms with Gasteiger partial charge in [0.05, 0.1) is 27.4 Å². The maximum Gasteiger partial charge on any atom is 0.341 e. The van der Waals surface area contributed by atoms with E-state index in [0.717, 1.165) is 31.5 Å². The SMILES string of the molecule is CCOC(=O)c1c(-c2ccc(OC)c(OC)c2)csc1NC(=O)CN1CCCCCC1.